The molecular weight excluding hydrogens is 440 g/mol. The van der Waals surface area contributed by atoms with Gasteiger partial charge in [0.25, 0.3) is 11.1 Å². The maximum absolute atomic E-state index is 12.6. The van der Waals surface area contributed by atoms with Gasteiger partial charge in [-0.1, -0.05) is 72.1 Å². The Morgan fingerprint density at radius 2 is 0.938 bits per heavy atom. The van der Waals surface area contributed by atoms with Crippen molar-refractivity contribution in [2.75, 3.05) is 0 Å². The van der Waals surface area contributed by atoms with Gasteiger partial charge in [-0.25, -0.2) is 9.97 Å². The van der Waals surface area contributed by atoms with E-state index in [0.29, 0.717) is 23.4 Å². The quantitative estimate of drug-likeness (QED) is 0.372. The predicted octanol–water partition coefficient (Wildman–Crippen LogP) is 3.79. The molecule has 160 valence electrons. The molecule has 0 unspecified atom stereocenters. The Balaban J connectivity index is 1.56. The molecule has 0 atom stereocenters. The Hall–Kier alpha value is -3.10. The lowest BCUT2D eigenvalue weighted by atomic mass is 10.1. The first-order valence-corrected chi connectivity index (χ1v) is 12.2. The van der Waals surface area contributed by atoms with Crippen LogP contribution in [0.4, 0.5) is 0 Å². The molecule has 2 aromatic carbocycles. The number of benzene rings is 2. The zero-order valence-electron chi connectivity index (χ0n) is 17.2. The molecule has 0 amide bonds. The lowest BCUT2D eigenvalue weighted by Crippen LogP contribution is -2.23. The van der Waals surface area contributed by atoms with Crippen LogP contribution in [-0.4, -0.2) is 19.1 Å². The van der Waals surface area contributed by atoms with E-state index < -0.39 is 0 Å². The summed E-state index contributed by atoms with van der Waals surface area (Å²) >= 11 is 3.12. The summed E-state index contributed by atoms with van der Waals surface area (Å²) in [6.45, 7) is 0.893. The number of hydrogen-bond donors (Lipinski definition) is 0. The zero-order chi connectivity index (χ0) is 21.9. The second-order valence-corrected chi connectivity index (χ2v) is 9.40. The van der Waals surface area contributed by atoms with Crippen LogP contribution in [0.2, 0.25) is 0 Å². The third-order valence-corrected chi connectivity index (χ3v) is 7.38. The lowest BCUT2D eigenvalue weighted by Gasteiger charge is -2.14. The predicted molar refractivity (Wildman–Crippen MR) is 127 cm³/mol. The van der Waals surface area contributed by atoms with Crippen molar-refractivity contribution in [3.8, 4) is 0 Å². The molecule has 0 radical (unpaired) electrons. The summed E-state index contributed by atoms with van der Waals surface area (Å²) in [5.41, 5.74) is 4.19. The van der Waals surface area contributed by atoms with Crippen molar-refractivity contribution in [3.63, 3.8) is 0 Å². The number of nitrogens with zero attached hydrogens (tertiary/aromatic N) is 4. The summed E-state index contributed by atoms with van der Waals surface area (Å²) in [6, 6.07) is 19.4. The first-order valence-electron chi connectivity index (χ1n) is 10.2. The van der Waals surface area contributed by atoms with Crippen molar-refractivity contribution < 1.29 is 0 Å². The summed E-state index contributed by atoms with van der Waals surface area (Å²) in [6.07, 6.45) is 3.14. The molecule has 0 N–H and O–H groups in total. The smallest absolute Gasteiger partial charge is 0.254 e. The fourth-order valence-electron chi connectivity index (χ4n) is 3.50. The number of aromatic nitrogens is 4. The highest BCUT2D eigenvalue weighted by Gasteiger charge is 2.11. The molecule has 0 spiro atoms. The average molecular weight is 461 g/mol. The van der Waals surface area contributed by atoms with E-state index in [1.54, 1.807) is 45.1 Å². The second-order valence-electron chi connectivity index (χ2n) is 7.51. The van der Waals surface area contributed by atoms with Gasteiger partial charge in [-0.05, 0) is 22.3 Å². The van der Waals surface area contributed by atoms with Crippen LogP contribution in [0.5, 0.6) is 0 Å². The van der Waals surface area contributed by atoms with E-state index in [2.05, 4.69) is 34.2 Å². The molecule has 0 aliphatic carbocycles. The SMILES string of the molecule is O=c1ccnc2n1Cc1ccc(cc1)Cn1c(nccc1=O)SCc1ccc(cc1)CS2. The molecule has 0 fully saturated rings. The molecule has 6 nitrogen and oxygen atoms in total. The van der Waals surface area contributed by atoms with Crippen LogP contribution < -0.4 is 11.1 Å². The van der Waals surface area contributed by atoms with Crippen molar-refractivity contribution in [1.29, 1.82) is 0 Å². The van der Waals surface area contributed by atoms with Gasteiger partial charge in [0.1, 0.15) is 0 Å². The maximum atomic E-state index is 12.6. The Bertz CT molecular complexity index is 1260. The molecule has 4 aliphatic heterocycles. The van der Waals surface area contributed by atoms with Crippen molar-refractivity contribution >= 4 is 23.5 Å². The third-order valence-electron chi connectivity index (χ3n) is 5.26. The first kappa shape index (κ1) is 20.8. The van der Waals surface area contributed by atoms with Crippen LogP contribution in [0.1, 0.15) is 22.3 Å². The fourth-order valence-corrected chi connectivity index (χ4v) is 5.37. The minimum absolute atomic E-state index is 0.0695. The van der Waals surface area contributed by atoms with E-state index >= 15 is 0 Å². The van der Waals surface area contributed by atoms with Crippen molar-refractivity contribution in [1.82, 2.24) is 19.1 Å². The number of hydrogen-bond acceptors (Lipinski definition) is 6. The van der Waals surface area contributed by atoms with Crippen molar-refractivity contribution in [2.45, 2.75) is 34.9 Å². The van der Waals surface area contributed by atoms with Crippen LogP contribution in [-0.2, 0) is 24.6 Å². The summed E-state index contributed by atoms with van der Waals surface area (Å²) in [5, 5.41) is 1.41. The Morgan fingerprint density at radius 1 is 0.562 bits per heavy atom. The van der Waals surface area contributed by atoms with Gasteiger partial charge in [0.2, 0.25) is 0 Å². The highest BCUT2D eigenvalue weighted by molar-refractivity contribution is 7.98. The van der Waals surface area contributed by atoms with Crippen LogP contribution in [0, 0.1) is 0 Å². The van der Waals surface area contributed by atoms with Crippen molar-refractivity contribution in [2.24, 2.45) is 0 Å². The Labute approximate surface area is 193 Å². The van der Waals surface area contributed by atoms with Gasteiger partial charge in [0.05, 0.1) is 13.1 Å². The van der Waals surface area contributed by atoms with Gasteiger partial charge in [0.15, 0.2) is 10.3 Å². The summed E-state index contributed by atoms with van der Waals surface area (Å²) in [7, 11) is 0. The standard InChI is InChI=1S/C24H20N4O2S2/c29-21-9-11-25-23-27(21)13-17-1-2-18(4-3-17)14-28-22(30)10-12-26-24(28)32-16-20-7-5-19(6-8-20)15-31-23/h1-12H,13-16H2. The van der Waals surface area contributed by atoms with Crippen LogP contribution in [0.3, 0.4) is 0 Å². The minimum atomic E-state index is -0.0695. The molecule has 4 aromatic rings. The third kappa shape index (κ3) is 4.56. The molecule has 8 heteroatoms. The fraction of sp³-hybridized carbons (Fsp3) is 0.167. The molecule has 0 saturated heterocycles. The summed E-state index contributed by atoms with van der Waals surface area (Å²) in [4.78, 5) is 34.0. The van der Waals surface area contributed by atoms with E-state index in [0.717, 1.165) is 33.8 Å². The molecule has 8 rings (SSSR count). The largest absolute Gasteiger partial charge is 0.283 e. The highest BCUT2D eigenvalue weighted by Crippen LogP contribution is 2.24. The van der Waals surface area contributed by atoms with E-state index in [4.69, 9.17) is 0 Å². The van der Waals surface area contributed by atoms with E-state index in [9.17, 15) is 9.59 Å². The van der Waals surface area contributed by atoms with Crippen LogP contribution >= 0.6 is 23.5 Å². The topological polar surface area (TPSA) is 69.8 Å². The monoisotopic (exact) mass is 460 g/mol. The van der Waals surface area contributed by atoms with E-state index in [1.807, 2.05) is 24.3 Å². The van der Waals surface area contributed by atoms with Gasteiger partial charge in [-0.2, -0.15) is 0 Å². The lowest BCUT2D eigenvalue weighted by molar-refractivity contribution is 0.638. The van der Waals surface area contributed by atoms with Crippen molar-refractivity contribution in [3.05, 3.63) is 116 Å². The summed E-state index contributed by atoms with van der Waals surface area (Å²) < 4.78 is 3.41. The molecule has 6 heterocycles. The average Bonchev–Trinajstić information content (AvgIpc) is 2.81. The molecule has 2 aromatic heterocycles. The maximum Gasteiger partial charge on any atom is 0.254 e. The van der Waals surface area contributed by atoms with Gasteiger partial charge in [-0.3, -0.25) is 18.7 Å². The molecular formula is C24H20N4O2S2. The Kier molecular flexibility index (Phi) is 5.96. The van der Waals surface area contributed by atoms with Gasteiger partial charge >= 0.3 is 0 Å². The van der Waals surface area contributed by atoms with Gasteiger partial charge < -0.3 is 0 Å². The van der Waals surface area contributed by atoms with Crippen LogP contribution in [0.25, 0.3) is 0 Å². The first-order chi connectivity index (χ1) is 15.7. The highest BCUT2D eigenvalue weighted by atomic mass is 32.2. The van der Waals surface area contributed by atoms with Gasteiger partial charge in [0, 0.05) is 36.0 Å². The molecule has 0 saturated carbocycles. The summed E-state index contributed by atoms with van der Waals surface area (Å²) in [5.74, 6) is 1.45. The Morgan fingerprint density at radius 3 is 1.34 bits per heavy atom. The number of rotatable bonds is 0. The zero-order valence-corrected chi connectivity index (χ0v) is 18.8. The minimum Gasteiger partial charge on any atom is -0.283 e. The molecule has 4 aliphatic rings. The van der Waals surface area contributed by atoms with Crippen LogP contribution in [0.15, 0.2) is 93.0 Å². The second kappa shape index (κ2) is 9.18. The molecule has 32 heavy (non-hydrogen) atoms. The van der Waals surface area contributed by atoms with Gasteiger partial charge in [-0.15, -0.1) is 0 Å². The van der Waals surface area contributed by atoms with E-state index in [-0.39, 0.29) is 11.1 Å². The van der Waals surface area contributed by atoms with E-state index in [1.165, 1.54) is 12.1 Å². The number of thioether (sulfide) groups is 2. The normalized spacial score (nSPS) is 13.8. The molecule has 4 bridgehead atoms.